The van der Waals surface area contributed by atoms with Crippen molar-refractivity contribution >= 4 is 0 Å². The number of rotatable bonds is 7. The second-order valence-electron chi connectivity index (χ2n) is 7.28. The summed E-state index contributed by atoms with van der Waals surface area (Å²) in [5.74, 6) is 2.80. The van der Waals surface area contributed by atoms with Gasteiger partial charge in [0.05, 0.1) is 0 Å². The van der Waals surface area contributed by atoms with Crippen LogP contribution in [-0.2, 0) is 0 Å². The standard InChI is InChI=1S/C20H33N/c1-4-12-21-20(19-8-6-5-7-9-19)11-10-18-14-16(2)13-17(3)15-18/h5-9,16-18,20-21H,4,10-15H2,1-3H3. The van der Waals surface area contributed by atoms with Gasteiger partial charge < -0.3 is 5.32 Å². The summed E-state index contributed by atoms with van der Waals surface area (Å²) in [6.45, 7) is 8.25. The van der Waals surface area contributed by atoms with Crippen LogP contribution >= 0.6 is 0 Å². The Morgan fingerprint density at radius 1 is 1.05 bits per heavy atom. The maximum Gasteiger partial charge on any atom is 0.0320 e. The van der Waals surface area contributed by atoms with Gasteiger partial charge in [-0.2, -0.15) is 0 Å². The van der Waals surface area contributed by atoms with Gasteiger partial charge in [-0.1, -0.05) is 51.1 Å². The molecule has 1 aromatic rings. The zero-order chi connectivity index (χ0) is 15.1. The quantitative estimate of drug-likeness (QED) is 0.690. The molecule has 1 saturated carbocycles. The molecule has 1 aromatic carbocycles. The van der Waals surface area contributed by atoms with Gasteiger partial charge in [-0.15, -0.1) is 0 Å². The number of hydrogen-bond acceptors (Lipinski definition) is 1. The number of benzene rings is 1. The SMILES string of the molecule is CCCNC(CCC1CC(C)CC(C)C1)c1ccccc1. The molecule has 3 unspecified atom stereocenters. The first-order valence-corrected chi connectivity index (χ1v) is 8.97. The fourth-order valence-electron chi connectivity index (χ4n) is 4.14. The van der Waals surface area contributed by atoms with E-state index >= 15 is 0 Å². The molecular weight excluding hydrogens is 254 g/mol. The van der Waals surface area contributed by atoms with E-state index < -0.39 is 0 Å². The van der Waals surface area contributed by atoms with E-state index in [0.717, 1.165) is 24.3 Å². The molecule has 0 bridgehead atoms. The summed E-state index contributed by atoms with van der Waals surface area (Å²) in [4.78, 5) is 0. The fourth-order valence-corrected chi connectivity index (χ4v) is 4.14. The average molecular weight is 287 g/mol. The molecule has 0 heterocycles. The normalized spacial score (nSPS) is 27.5. The van der Waals surface area contributed by atoms with Crippen LogP contribution in [0.4, 0.5) is 0 Å². The maximum atomic E-state index is 3.75. The van der Waals surface area contributed by atoms with Gasteiger partial charge in [-0.3, -0.25) is 0 Å². The van der Waals surface area contributed by atoms with Gasteiger partial charge >= 0.3 is 0 Å². The van der Waals surface area contributed by atoms with Crippen LogP contribution in [0.3, 0.4) is 0 Å². The van der Waals surface area contributed by atoms with Gasteiger partial charge in [0.15, 0.2) is 0 Å². The zero-order valence-electron chi connectivity index (χ0n) is 14.1. The molecule has 3 atom stereocenters. The first-order chi connectivity index (χ1) is 10.2. The molecule has 0 saturated heterocycles. The van der Waals surface area contributed by atoms with Crippen molar-refractivity contribution in [1.29, 1.82) is 0 Å². The van der Waals surface area contributed by atoms with Crippen LogP contribution in [0.15, 0.2) is 30.3 Å². The molecular formula is C20H33N. The molecule has 21 heavy (non-hydrogen) atoms. The van der Waals surface area contributed by atoms with Crippen molar-refractivity contribution in [3.05, 3.63) is 35.9 Å². The van der Waals surface area contributed by atoms with E-state index in [-0.39, 0.29) is 0 Å². The lowest BCUT2D eigenvalue weighted by Gasteiger charge is -2.32. The molecule has 0 aliphatic heterocycles. The number of nitrogens with one attached hydrogen (secondary N) is 1. The van der Waals surface area contributed by atoms with Gasteiger partial charge in [-0.25, -0.2) is 0 Å². The second kappa shape index (κ2) is 8.58. The van der Waals surface area contributed by atoms with Crippen LogP contribution in [0.1, 0.15) is 70.9 Å². The first kappa shape index (κ1) is 16.5. The molecule has 2 rings (SSSR count). The fraction of sp³-hybridized carbons (Fsp3) is 0.700. The van der Waals surface area contributed by atoms with Gasteiger partial charge in [0.25, 0.3) is 0 Å². The lowest BCUT2D eigenvalue weighted by atomic mass is 9.74. The summed E-state index contributed by atoms with van der Waals surface area (Å²) in [6.07, 6.45) is 8.20. The Morgan fingerprint density at radius 3 is 2.33 bits per heavy atom. The minimum absolute atomic E-state index is 0.540. The Balaban J connectivity index is 1.89. The van der Waals surface area contributed by atoms with Gasteiger partial charge in [0.2, 0.25) is 0 Å². The van der Waals surface area contributed by atoms with Gasteiger partial charge in [-0.05, 0) is 68.4 Å². The summed E-state index contributed by atoms with van der Waals surface area (Å²) in [7, 11) is 0. The zero-order valence-corrected chi connectivity index (χ0v) is 14.1. The summed E-state index contributed by atoms with van der Waals surface area (Å²) < 4.78 is 0. The highest BCUT2D eigenvalue weighted by Crippen LogP contribution is 2.36. The number of hydrogen-bond donors (Lipinski definition) is 1. The van der Waals surface area contributed by atoms with Gasteiger partial charge in [0, 0.05) is 6.04 Å². The molecule has 1 aliphatic rings. The minimum atomic E-state index is 0.540. The molecule has 1 heteroatoms. The van der Waals surface area contributed by atoms with Crippen molar-refractivity contribution in [2.75, 3.05) is 6.54 Å². The Hall–Kier alpha value is -0.820. The summed E-state index contributed by atoms with van der Waals surface area (Å²) in [6, 6.07) is 11.5. The van der Waals surface area contributed by atoms with Crippen molar-refractivity contribution in [2.24, 2.45) is 17.8 Å². The maximum absolute atomic E-state index is 3.75. The third-order valence-electron chi connectivity index (χ3n) is 4.98. The van der Waals surface area contributed by atoms with E-state index in [2.05, 4.69) is 56.4 Å². The van der Waals surface area contributed by atoms with E-state index in [1.54, 1.807) is 0 Å². The smallest absolute Gasteiger partial charge is 0.0320 e. The Labute approximate surface area is 131 Å². The van der Waals surface area contributed by atoms with Gasteiger partial charge in [0.1, 0.15) is 0 Å². The molecule has 0 aromatic heterocycles. The molecule has 1 aliphatic carbocycles. The van der Waals surface area contributed by atoms with Crippen LogP contribution in [-0.4, -0.2) is 6.54 Å². The molecule has 0 amide bonds. The average Bonchev–Trinajstić information content (AvgIpc) is 2.47. The van der Waals surface area contributed by atoms with Crippen LogP contribution in [0.5, 0.6) is 0 Å². The van der Waals surface area contributed by atoms with E-state index in [1.807, 2.05) is 0 Å². The third kappa shape index (κ3) is 5.47. The summed E-state index contributed by atoms with van der Waals surface area (Å²) in [5.41, 5.74) is 1.46. The first-order valence-electron chi connectivity index (χ1n) is 8.97. The predicted molar refractivity (Wildman–Crippen MR) is 92.4 cm³/mol. The van der Waals surface area contributed by atoms with E-state index in [4.69, 9.17) is 0 Å². The molecule has 0 radical (unpaired) electrons. The molecule has 118 valence electrons. The van der Waals surface area contributed by atoms with Crippen LogP contribution in [0, 0.1) is 17.8 Å². The monoisotopic (exact) mass is 287 g/mol. The van der Waals surface area contributed by atoms with Crippen LogP contribution < -0.4 is 5.32 Å². The minimum Gasteiger partial charge on any atom is -0.310 e. The lowest BCUT2D eigenvalue weighted by molar-refractivity contribution is 0.202. The van der Waals surface area contributed by atoms with Crippen molar-refractivity contribution < 1.29 is 0 Å². The third-order valence-corrected chi connectivity index (χ3v) is 4.98. The van der Waals surface area contributed by atoms with Crippen LogP contribution in [0.25, 0.3) is 0 Å². The van der Waals surface area contributed by atoms with Crippen LogP contribution in [0.2, 0.25) is 0 Å². The topological polar surface area (TPSA) is 12.0 Å². The highest BCUT2D eigenvalue weighted by Gasteiger charge is 2.24. The molecule has 0 spiro atoms. The highest BCUT2D eigenvalue weighted by molar-refractivity contribution is 5.18. The van der Waals surface area contributed by atoms with E-state index in [0.29, 0.717) is 6.04 Å². The molecule has 1 fully saturated rings. The largest absolute Gasteiger partial charge is 0.310 e. The second-order valence-corrected chi connectivity index (χ2v) is 7.28. The lowest BCUT2D eigenvalue weighted by Crippen LogP contribution is -2.25. The molecule has 1 nitrogen and oxygen atoms in total. The highest BCUT2D eigenvalue weighted by atomic mass is 14.9. The Morgan fingerprint density at radius 2 is 1.71 bits per heavy atom. The van der Waals surface area contributed by atoms with Crippen molar-refractivity contribution in [1.82, 2.24) is 5.32 Å². The Bertz CT molecular complexity index is 376. The van der Waals surface area contributed by atoms with Crippen molar-refractivity contribution in [3.63, 3.8) is 0 Å². The predicted octanol–water partition coefficient (Wildman–Crippen LogP) is 5.58. The van der Waals surface area contributed by atoms with E-state index in [1.165, 1.54) is 44.1 Å². The molecule has 1 N–H and O–H groups in total. The Kier molecular flexibility index (Phi) is 6.76. The summed E-state index contributed by atoms with van der Waals surface area (Å²) in [5, 5.41) is 3.75. The van der Waals surface area contributed by atoms with Crippen molar-refractivity contribution in [3.8, 4) is 0 Å². The van der Waals surface area contributed by atoms with E-state index in [9.17, 15) is 0 Å². The van der Waals surface area contributed by atoms with Crippen molar-refractivity contribution in [2.45, 2.75) is 65.3 Å². The summed E-state index contributed by atoms with van der Waals surface area (Å²) >= 11 is 0.